The number of carbonyl (C=O) groups excluding carboxylic acids is 1. The summed E-state index contributed by atoms with van der Waals surface area (Å²) in [5.74, 6) is 0.297. The Bertz CT molecular complexity index is 994. The first kappa shape index (κ1) is 22.0. The molecule has 32 heavy (non-hydrogen) atoms. The number of benzene rings is 2. The van der Waals surface area contributed by atoms with Gasteiger partial charge in [0.25, 0.3) is 0 Å². The van der Waals surface area contributed by atoms with E-state index < -0.39 is 6.04 Å². The summed E-state index contributed by atoms with van der Waals surface area (Å²) in [5.41, 5.74) is 1.08. The number of ether oxygens (including phenoxy) is 1. The number of para-hydroxylation sites is 1. The Kier molecular flexibility index (Phi) is 7.46. The van der Waals surface area contributed by atoms with Gasteiger partial charge in [0, 0.05) is 17.7 Å². The average molecular weight is 434 g/mol. The molecule has 1 aliphatic rings. The lowest BCUT2D eigenvalue weighted by Crippen LogP contribution is -2.45. The molecule has 1 N–H and O–H groups in total. The molecular formula is C26H28FN3O2. The van der Waals surface area contributed by atoms with E-state index in [0.29, 0.717) is 24.4 Å². The van der Waals surface area contributed by atoms with Gasteiger partial charge >= 0.3 is 0 Å². The van der Waals surface area contributed by atoms with Gasteiger partial charge in [0.15, 0.2) is 0 Å². The van der Waals surface area contributed by atoms with Gasteiger partial charge in [0.2, 0.25) is 5.91 Å². The zero-order valence-electron chi connectivity index (χ0n) is 18.0. The van der Waals surface area contributed by atoms with Crippen molar-refractivity contribution in [3.05, 3.63) is 96.1 Å². The highest BCUT2D eigenvalue weighted by atomic mass is 19.1. The standard InChI is InChI=1S/C26H28FN3O2/c27-23-11-5-4-10-22(23)25(24-12-6-7-15-29-24)30(26(31)20-13-16-28-17-14-20)18-19-32-21-8-2-1-3-9-21/h1-12,15,20,25,28H,13-14,16-19H2. The zero-order valence-corrected chi connectivity index (χ0v) is 18.0. The van der Waals surface area contributed by atoms with E-state index in [1.165, 1.54) is 6.07 Å². The first-order valence-electron chi connectivity index (χ1n) is 11.1. The number of hydrogen-bond donors (Lipinski definition) is 1. The Balaban J connectivity index is 1.67. The summed E-state index contributed by atoms with van der Waals surface area (Å²) in [6.07, 6.45) is 3.21. The summed E-state index contributed by atoms with van der Waals surface area (Å²) in [6.45, 7) is 2.24. The second-order valence-corrected chi connectivity index (χ2v) is 7.90. The first-order valence-corrected chi connectivity index (χ1v) is 11.1. The van der Waals surface area contributed by atoms with Gasteiger partial charge in [-0.3, -0.25) is 9.78 Å². The van der Waals surface area contributed by atoms with Gasteiger partial charge in [-0.15, -0.1) is 0 Å². The fourth-order valence-electron chi connectivity index (χ4n) is 4.17. The molecule has 3 aromatic rings. The van der Waals surface area contributed by atoms with E-state index in [4.69, 9.17) is 4.74 Å². The van der Waals surface area contributed by atoms with Gasteiger partial charge in [0.1, 0.15) is 24.2 Å². The maximum absolute atomic E-state index is 15.0. The van der Waals surface area contributed by atoms with Gasteiger partial charge in [0.05, 0.1) is 12.2 Å². The van der Waals surface area contributed by atoms with Crippen molar-refractivity contribution in [3.63, 3.8) is 0 Å². The van der Waals surface area contributed by atoms with E-state index in [-0.39, 0.29) is 17.6 Å². The predicted octanol–water partition coefficient (Wildman–Crippen LogP) is 4.22. The molecule has 1 amide bonds. The first-order chi connectivity index (χ1) is 15.7. The molecule has 5 nitrogen and oxygen atoms in total. The summed E-state index contributed by atoms with van der Waals surface area (Å²) >= 11 is 0. The van der Waals surface area contributed by atoms with E-state index >= 15 is 0 Å². The molecule has 0 saturated carbocycles. The number of pyridine rings is 1. The fourth-order valence-corrected chi connectivity index (χ4v) is 4.17. The molecule has 2 heterocycles. The lowest BCUT2D eigenvalue weighted by atomic mass is 9.93. The molecule has 0 bridgehead atoms. The molecule has 0 radical (unpaired) electrons. The van der Waals surface area contributed by atoms with Crippen molar-refractivity contribution >= 4 is 5.91 Å². The monoisotopic (exact) mass is 433 g/mol. The summed E-state index contributed by atoms with van der Waals surface area (Å²) in [7, 11) is 0. The summed E-state index contributed by atoms with van der Waals surface area (Å²) < 4.78 is 20.9. The van der Waals surface area contributed by atoms with Crippen LogP contribution in [0.2, 0.25) is 0 Å². The molecule has 1 atom stereocenters. The minimum atomic E-state index is -0.626. The summed E-state index contributed by atoms with van der Waals surface area (Å²) in [4.78, 5) is 20.0. The number of nitrogens with one attached hydrogen (secondary N) is 1. The van der Waals surface area contributed by atoms with Crippen LogP contribution in [0.15, 0.2) is 79.0 Å². The third kappa shape index (κ3) is 5.32. The van der Waals surface area contributed by atoms with E-state index in [2.05, 4.69) is 10.3 Å². The van der Waals surface area contributed by atoms with Crippen LogP contribution in [-0.2, 0) is 4.79 Å². The number of nitrogens with zero attached hydrogens (tertiary/aromatic N) is 2. The highest BCUT2D eigenvalue weighted by Gasteiger charge is 2.34. The van der Waals surface area contributed by atoms with Crippen LogP contribution in [0.1, 0.15) is 30.1 Å². The highest BCUT2D eigenvalue weighted by molar-refractivity contribution is 5.80. The highest BCUT2D eigenvalue weighted by Crippen LogP contribution is 2.31. The molecule has 1 fully saturated rings. The molecule has 1 aliphatic heterocycles. The third-order valence-corrected chi connectivity index (χ3v) is 5.80. The molecule has 0 spiro atoms. The normalized spacial score (nSPS) is 15.2. The van der Waals surface area contributed by atoms with Crippen molar-refractivity contribution in [1.29, 1.82) is 0 Å². The lowest BCUT2D eigenvalue weighted by molar-refractivity contribution is -0.138. The Morgan fingerprint density at radius 3 is 2.47 bits per heavy atom. The van der Waals surface area contributed by atoms with Gasteiger partial charge in [-0.05, 0) is 56.3 Å². The quantitative estimate of drug-likeness (QED) is 0.578. The van der Waals surface area contributed by atoms with Crippen LogP contribution in [-0.4, -0.2) is 42.0 Å². The van der Waals surface area contributed by atoms with Crippen LogP contribution in [0.3, 0.4) is 0 Å². The Morgan fingerprint density at radius 1 is 1.03 bits per heavy atom. The van der Waals surface area contributed by atoms with E-state index in [1.807, 2.05) is 48.5 Å². The van der Waals surface area contributed by atoms with Crippen molar-refractivity contribution in [1.82, 2.24) is 15.2 Å². The van der Waals surface area contributed by atoms with Gasteiger partial charge in [-0.25, -0.2) is 4.39 Å². The number of hydrogen-bond acceptors (Lipinski definition) is 4. The lowest BCUT2D eigenvalue weighted by Gasteiger charge is -2.35. The zero-order chi connectivity index (χ0) is 22.2. The summed E-state index contributed by atoms with van der Waals surface area (Å²) in [5, 5.41) is 3.31. The van der Waals surface area contributed by atoms with Gasteiger partial charge < -0.3 is 15.0 Å². The summed E-state index contributed by atoms with van der Waals surface area (Å²) in [6, 6.07) is 21.0. The van der Waals surface area contributed by atoms with Crippen molar-refractivity contribution in [2.45, 2.75) is 18.9 Å². The maximum Gasteiger partial charge on any atom is 0.226 e. The van der Waals surface area contributed by atoms with E-state index in [9.17, 15) is 9.18 Å². The Labute approximate surface area is 188 Å². The van der Waals surface area contributed by atoms with Crippen LogP contribution in [0.4, 0.5) is 4.39 Å². The third-order valence-electron chi connectivity index (χ3n) is 5.80. The Morgan fingerprint density at radius 2 is 1.75 bits per heavy atom. The molecule has 0 aliphatic carbocycles. The largest absolute Gasteiger partial charge is 0.492 e. The van der Waals surface area contributed by atoms with Gasteiger partial charge in [-0.1, -0.05) is 42.5 Å². The number of piperidine rings is 1. The smallest absolute Gasteiger partial charge is 0.226 e. The second kappa shape index (κ2) is 10.9. The van der Waals surface area contributed by atoms with Crippen LogP contribution in [0, 0.1) is 11.7 Å². The van der Waals surface area contributed by atoms with Crippen molar-refractivity contribution in [3.8, 4) is 5.75 Å². The minimum absolute atomic E-state index is 0.0158. The Hall–Kier alpha value is -3.25. The van der Waals surface area contributed by atoms with Crippen LogP contribution < -0.4 is 10.1 Å². The average Bonchev–Trinajstić information content (AvgIpc) is 2.86. The molecule has 2 aromatic carbocycles. The molecule has 4 rings (SSSR count). The topological polar surface area (TPSA) is 54.5 Å². The molecule has 1 unspecified atom stereocenters. The van der Waals surface area contributed by atoms with Crippen molar-refractivity contribution in [2.75, 3.05) is 26.2 Å². The minimum Gasteiger partial charge on any atom is -0.492 e. The van der Waals surface area contributed by atoms with Crippen LogP contribution in [0.5, 0.6) is 5.75 Å². The van der Waals surface area contributed by atoms with Crippen molar-refractivity contribution < 1.29 is 13.9 Å². The number of carbonyl (C=O) groups is 1. The van der Waals surface area contributed by atoms with E-state index in [0.717, 1.165) is 31.7 Å². The molecule has 1 aromatic heterocycles. The predicted molar refractivity (Wildman–Crippen MR) is 122 cm³/mol. The molecule has 6 heteroatoms. The SMILES string of the molecule is O=C(C1CCNCC1)N(CCOc1ccccc1)C(c1ccccn1)c1ccccc1F. The molecule has 1 saturated heterocycles. The number of halogens is 1. The number of aromatic nitrogens is 1. The van der Waals surface area contributed by atoms with Crippen molar-refractivity contribution in [2.24, 2.45) is 5.92 Å². The number of rotatable bonds is 8. The van der Waals surface area contributed by atoms with Gasteiger partial charge in [-0.2, -0.15) is 0 Å². The fraction of sp³-hybridized carbons (Fsp3) is 0.308. The number of amides is 1. The molecule has 166 valence electrons. The van der Waals surface area contributed by atoms with Crippen LogP contribution in [0.25, 0.3) is 0 Å². The van der Waals surface area contributed by atoms with Crippen LogP contribution >= 0.6 is 0 Å². The second-order valence-electron chi connectivity index (χ2n) is 7.90. The maximum atomic E-state index is 15.0. The van der Waals surface area contributed by atoms with E-state index in [1.54, 1.807) is 29.3 Å². The molecular weight excluding hydrogens is 405 g/mol.